The Morgan fingerprint density at radius 3 is 2.58 bits per heavy atom. The first-order valence-electron chi connectivity index (χ1n) is 4.03. The van der Waals surface area contributed by atoms with Gasteiger partial charge in [0.15, 0.2) is 0 Å². The number of carboxylic acids is 1. The molecule has 0 saturated heterocycles. The first-order chi connectivity index (χ1) is 5.54. The van der Waals surface area contributed by atoms with Crippen LogP contribution in [-0.4, -0.2) is 24.3 Å². The molecular formula is C9H16O3. The van der Waals surface area contributed by atoms with Crippen LogP contribution >= 0.6 is 0 Å². The van der Waals surface area contributed by atoms with Gasteiger partial charge in [-0.1, -0.05) is 20.4 Å². The molecule has 0 atom stereocenters. The van der Waals surface area contributed by atoms with Gasteiger partial charge >= 0.3 is 5.97 Å². The molecule has 0 amide bonds. The molecule has 0 aromatic heterocycles. The van der Waals surface area contributed by atoms with Gasteiger partial charge < -0.3 is 9.84 Å². The lowest BCUT2D eigenvalue weighted by molar-refractivity contribution is -0.133. The topological polar surface area (TPSA) is 46.5 Å². The van der Waals surface area contributed by atoms with E-state index in [1.807, 2.05) is 0 Å². The molecule has 0 bridgehead atoms. The molecule has 70 valence electrons. The molecule has 3 nitrogen and oxygen atoms in total. The fraction of sp³-hybridized carbons (Fsp3) is 0.667. The van der Waals surface area contributed by atoms with E-state index in [9.17, 15) is 4.79 Å². The molecule has 12 heavy (non-hydrogen) atoms. The lowest BCUT2D eigenvalue weighted by Crippen LogP contribution is -2.08. The smallest absolute Gasteiger partial charge is 0.333 e. The fourth-order valence-electron chi connectivity index (χ4n) is 0.576. The van der Waals surface area contributed by atoms with Gasteiger partial charge in [-0.25, -0.2) is 4.79 Å². The van der Waals surface area contributed by atoms with Crippen LogP contribution in [0.15, 0.2) is 12.2 Å². The first kappa shape index (κ1) is 11.2. The molecule has 0 fully saturated rings. The van der Waals surface area contributed by atoms with Gasteiger partial charge in [0.05, 0.1) is 12.2 Å². The van der Waals surface area contributed by atoms with Crippen LogP contribution in [0.3, 0.4) is 0 Å². The highest BCUT2D eigenvalue weighted by Crippen LogP contribution is 2.00. The van der Waals surface area contributed by atoms with Gasteiger partial charge in [0, 0.05) is 6.61 Å². The van der Waals surface area contributed by atoms with Crippen LogP contribution in [0.5, 0.6) is 0 Å². The monoisotopic (exact) mass is 172 g/mol. The molecule has 0 radical (unpaired) electrons. The minimum absolute atomic E-state index is 0.110. The quantitative estimate of drug-likeness (QED) is 0.490. The van der Waals surface area contributed by atoms with Crippen molar-refractivity contribution in [3.8, 4) is 0 Å². The summed E-state index contributed by atoms with van der Waals surface area (Å²) >= 11 is 0. The van der Waals surface area contributed by atoms with Crippen LogP contribution in [-0.2, 0) is 9.53 Å². The summed E-state index contributed by atoms with van der Waals surface area (Å²) in [5.41, 5.74) is 0.110. The number of rotatable bonds is 6. The molecule has 0 saturated carbocycles. The van der Waals surface area contributed by atoms with Gasteiger partial charge in [0.25, 0.3) is 0 Å². The van der Waals surface area contributed by atoms with Gasteiger partial charge in [0.1, 0.15) is 0 Å². The summed E-state index contributed by atoms with van der Waals surface area (Å²) in [5, 5.41) is 8.41. The predicted molar refractivity (Wildman–Crippen MR) is 47.0 cm³/mol. The van der Waals surface area contributed by atoms with E-state index in [1.165, 1.54) is 0 Å². The maximum atomic E-state index is 10.2. The highest BCUT2D eigenvalue weighted by molar-refractivity contribution is 5.85. The number of hydrogen-bond donors (Lipinski definition) is 1. The van der Waals surface area contributed by atoms with Crippen LogP contribution in [0.25, 0.3) is 0 Å². The van der Waals surface area contributed by atoms with Crippen LogP contribution in [0.2, 0.25) is 0 Å². The lowest BCUT2D eigenvalue weighted by atomic mass is 10.1. The van der Waals surface area contributed by atoms with E-state index in [0.29, 0.717) is 12.5 Å². The second kappa shape index (κ2) is 5.77. The lowest BCUT2D eigenvalue weighted by Gasteiger charge is -2.05. The molecule has 0 aliphatic heterocycles. The Kier molecular flexibility index (Phi) is 5.37. The molecule has 0 rings (SSSR count). The van der Waals surface area contributed by atoms with E-state index in [1.54, 1.807) is 0 Å². The molecule has 0 aliphatic rings. The van der Waals surface area contributed by atoms with Gasteiger partial charge in [-0.2, -0.15) is 0 Å². The highest BCUT2D eigenvalue weighted by Gasteiger charge is 2.03. The van der Waals surface area contributed by atoms with Gasteiger partial charge in [0.2, 0.25) is 0 Å². The number of aliphatic carboxylic acids is 1. The summed E-state index contributed by atoms with van der Waals surface area (Å²) in [6, 6.07) is 0. The van der Waals surface area contributed by atoms with Gasteiger partial charge in [-0.3, -0.25) is 0 Å². The minimum Gasteiger partial charge on any atom is -0.478 e. The van der Waals surface area contributed by atoms with Crippen molar-refractivity contribution in [1.82, 2.24) is 0 Å². The Morgan fingerprint density at radius 2 is 2.17 bits per heavy atom. The molecular weight excluding hydrogens is 156 g/mol. The van der Waals surface area contributed by atoms with Gasteiger partial charge in [-0.05, 0) is 12.3 Å². The Bertz CT molecular complexity index is 161. The Labute approximate surface area is 73.0 Å². The average Bonchev–Trinajstić information content (AvgIpc) is 1.97. The zero-order valence-electron chi connectivity index (χ0n) is 7.67. The molecule has 0 heterocycles. The van der Waals surface area contributed by atoms with Crippen molar-refractivity contribution >= 4 is 5.97 Å². The number of carbonyl (C=O) groups is 1. The molecule has 1 N–H and O–H groups in total. The molecule has 0 aliphatic carbocycles. The number of ether oxygens (including phenoxy) is 1. The summed E-state index contributed by atoms with van der Waals surface area (Å²) in [5.74, 6) is -0.400. The Morgan fingerprint density at radius 1 is 1.58 bits per heavy atom. The van der Waals surface area contributed by atoms with Crippen molar-refractivity contribution in [3.63, 3.8) is 0 Å². The van der Waals surface area contributed by atoms with Crippen molar-refractivity contribution in [2.75, 3.05) is 13.2 Å². The summed E-state index contributed by atoms with van der Waals surface area (Å²) in [4.78, 5) is 10.2. The van der Waals surface area contributed by atoms with Crippen LogP contribution in [0.1, 0.15) is 20.3 Å². The maximum absolute atomic E-state index is 10.2. The van der Waals surface area contributed by atoms with Gasteiger partial charge in [-0.15, -0.1) is 0 Å². The SMILES string of the molecule is C=C(COCCC(C)C)C(=O)O. The highest BCUT2D eigenvalue weighted by atomic mass is 16.5. The molecule has 0 aromatic rings. The Balaban J connectivity index is 3.32. The van der Waals surface area contributed by atoms with E-state index >= 15 is 0 Å². The van der Waals surface area contributed by atoms with E-state index in [2.05, 4.69) is 20.4 Å². The normalized spacial score (nSPS) is 10.2. The summed E-state index contributed by atoms with van der Waals surface area (Å²) in [6.07, 6.45) is 0.951. The van der Waals surface area contributed by atoms with Crippen LogP contribution in [0.4, 0.5) is 0 Å². The standard InChI is InChI=1S/C9H16O3/c1-7(2)4-5-12-6-8(3)9(10)11/h7H,3-6H2,1-2H3,(H,10,11). The summed E-state index contributed by atoms with van der Waals surface area (Å²) in [7, 11) is 0. The molecule has 0 spiro atoms. The molecule has 0 unspecified atom stereocenters. The predicted octanol–water partition coefficient (Wildman–Crippen LogP) is 1.69. The fourth-order valence-corrected chi connectivity index (χ4v) is 0.576. The van der Waals surface area contributed by atoms with E-state index < -0.39 is 5.97 Å². The average molecular weight is 172 g/mol. The largest absolute Gasteiger partial charge is 0.478 e. The van der Waals surface area contributed by atoms with Crippen LogP contribution in [0, 0.1) is 5.92 Å². The maximum Gasteiger partial charge on any atom is 0.333 e. The molecule has 3 heteroatoms. The van der Waals surface area contributed by atoms with E-state index in [0.717, 1.165) is 6.42 Å². The third-order valence-corrected chi connectivity index (χ3v) is 1.42. The summed E-state index contributed by atoms with van der Waals surface area (Å²) < 4.78 is 5.09. The zero-order chi connectivity index (χ0) is 9.56. The first-order valence-corrected chi connectivity index (χ1v) is 4.03. The Hall–Kier alpha value is -0.830. The number of hydrogen-bond acceptors (Lipinski definition) is 2. The van der Waals surface area contributed by atoms with Crippen molar-refractivity contribution in [2.24, 2.45) is 5.92 Å². The van der Waals surface area contributed by atoms with Crippen LogP contribution < -0.4 is 0 Å². The second-order valence-electron chi connectivity index (χ2n) is 3.14. The number of carboxylic acid groups (broad SMARTS) is 1. The van der Waals surface area contributed by atoms with Crippen molar-refractivity contribution in [2.45, 2.75) is 20.3 Å². The van der Waals surface area contributed by atoms with E-state index in [-0.39, 0.29) is 12.2 Å². The van der Waals surface area contributed by atoms with Crippen molar-refractivity contribution in [1.29, 1.82) is 0 Å². The van der Waals surface area contributed by atoms with Crippen molar-refractivity contribution in [3.05, 3.63) is 12.2 Å². The molecule has 0 aromatic carbocycles. The third kappa shape index (κ3) is 5.92. The summed E-state index contributed by atoms with van der Waals surface area (Å²) in [6.45, 7) is 8.26. The second-order valence-corrected chi connectivity index (χ2v) is 3.14. The minimum atomic E-state index is -0.987. The van der Waals surface area contributed by atoms with E-state index in [4.69, 9.17) is 9.84 Å². The van der Waals surface area contributed by atoms with Crippen molar-refractivity contribution < 1.29 is 14.6 Å². The third-order valence-electron chi connectivity index (χ3n) is 1.42. The zero-order valence-corrected chi connectivity index (χ0v) is 7.67.